The number of allylic oxidation sites excluding steroid dienone is 2. The van der Waals surface area contributed by atoms with Crippen molar-refractivity contribution in [2.24, 2.45) is 11.8 Å². The number of rotatable bonds is 5. The minimum Gasteiger partial charge on any atom is -0.313 e. The smallest absolute Gasteiger partial charge is 0.00163 e. The van der Waals surface area contributed by atoms with E-state index in [1.807, 2.05) is 0 Å². The van der Waals surface area contributed by atoms with E-state index in [-0.39, 0.29) is 0 Å². The molecule has 0 aliphatic heterocycles. The van der Waals surface area contributed by atoms with Crippen molar-refractivity contribution in [3.8, 4) is 0 Å². The summed E-state index contributed by atoms with van der Waals surface area (Å²) in [5, 5.41) is 7.11. The molecule has 0 aliphatic carbocycles. The minimum atomic E-state index is 0.398. The molecule has 70 valence electrons. The van der Waals surface area contributed by atoms with Crippen molar-refractivity contribution in [1.82, 2.24) is 0 Å². The molecule has 0 spiro atoms. The van der Waals surface area contributed by atoms with Crippen molar-refractivity contribution in [1.29, 1.82) is 5.41 Å². The molecule has 0 aromatic carbocycles. The van der Waals surface area contributed by atoms with Gasteiger partial charge >= 0.3 is 0 Å². The zero-order valence-corrected chi connectivity index (χ0v) is 8.72. The molecule has 1 N–H and O–H groups in total. The van der Waals surface area contributed by atoms with Gasteiger partial charge in [-0.25, -0.2) is 0 Å². The van der Waals surface area contributed by atoms with E-state index in [1.165, 1.54) is 11.8 Å². The van der Waals surface area contributed by atoms with Crippen molar-refractivity contribution in [2.75, 3.05) is 0 Å². The molecular weight excluding hydrogens is 146 g/mol. The first kappa shape index (κ1) is 11.4. The van der Waals surface area contributed by atoms with Crippen LogP contribution in [0.1, 0.15) is 40.5 Å². The highest BCUT2D eigenvalue weighted by atomic mass is 14.3. The average molecular weight is 167 g/mol. The van der Waals surface area contributed by atoms with E-state index in [4.69, 9.17) is 5.41 Å². The lowest BCUT2D eigenvalue weighted by molar-refractivity contribution is 0.721. The molecule has 1 heteroatoms. The Bertz CT molecular complexity index is 156. The maximum Gasteiger partial charge on any atom is -0.00163 e. The summed E-state index contributed by atoms with van der Waals surface area (Å²) in [7, 11) is 0. The van der Waals surface area contributed by atoms with Crippen LogP contribution < -0.4 is 0 Å². The van der Waals surface area contributed by atoms with Crippen LogP contribution in [-0.4, -0.2) is 6.21 Å². The van der Waals surface area contributed by atoms with E-state index in [9.17, 15) is 0 Å². The molecular formula is C11H21N. The first-order valence-electron chi connectivity index (χ1n) is 4.80. The summed E-state index contributed by atoms with van der Waals surface area (Å²) in [6, 6.07) is 0. The molecule has 0 heterocycles. The van der Waals surface area contributed by atoms with Gasteiger partial charge in [0.2, 0.25) is 0 Å². The van der Waals surface area contributed by atoms with Crippen molar-refractivity contribution in [3.63, 3.8) is 0 Å². The third-order valence-electron chi connectivity index (χ3n) is 1.89. The van der Waals surface area contributed by atoms with Crippen LogP contribution in [0.4, 0.5) is 0 Å². The van der Waals surface area contributed by atoms with Gasteiger partial charge in [0, 0.05) is 0 Å². The minimum absolute atomic E-state index is 0.398. The fourth-order valence-corrected chi connectivity index (χ4v) is 1.27. The van der Waals surface area contributed by atoms with E-state index in [2.05, 4.69) is 33.8 Å². The molecule has 0 bridgehead atoms. The van der Waals surface area contributed by atoms with Crippen molar-refractivity contribution >= 4 is 6.21 Å². The van der Waals surface area contributed by atoms with Gasteiger partial charge in [0.15, 0.2) is 0 Å². The molecule has 0 rings (SSSR count). The van der Waals surface area contributed by atoms with Gasteiger partial charge in [-0.1, -0.05) is 39.3 Å². The lowest BCUT2D eigenvalue weighted by atomic mass is 9.97. The highest BCUT2D eigenvalue weighted by molar-refractivity contribution is 5.56. The van der Waals surface area contributed by atoms with E-state index >= 15 is 0 Å². The Kier molecular flexibility index (Phi) is 5.69. The van der Waals surface area contributed by atoms with Gasteiger partial charge in [0.1, 0.15) is 0 Å². The topological polar surface area (TPSA) is 23.9 Å². The molecule has 1 nitrogen and oxygen atoms in total. The maximum atomic E-state index is 7.11. The average Bonchev–Trinajstić information content (AvgIpc) is 2.02. The molecule has 0 fully saturated rings. The van der Waals surface area contributed by atoms with Gasteiger partial charge in [0.25, 0.3) is 0 Å². The van der Waals surface area contributed by atoms with Crippen LogP contribution in [0.5, 0.6) is 0 Å². The quantitative estimate of drug-likeness (QED) is 0.477. The first-order chi connectivity index (χ1) is 5.60. The molecule has 0 radical (unpaired) electrons. The van der Waals surface area contributed by atoms with Gasteiger partial charge in [-0.2, -0.15) is 0 Å². The molecule has 0 aromatic heterocycles. The van der Waals surface area contributed by atoms with E-state index in [1.54, 1.807) is 0 Å². The third kappa shape index (κ3) is 5.11. The van der Waals surface area contributed by atoms with Crippen molar-refractivity contribution in [2.45, 2.75) is 40.5 Å². The van der Waals surface area contributed by atoms with E-state index in [0.717, 1.165) is 12.8 Å². The second-order valence-electron chi connectivity index (χ2n) is 3.77. The number of hydrogen-bond acceptors (Lipinski definition) is 1. The summed E-state index contributed by atoms with van der Waals surface area (Å²) < 4.78 is 0. The van der Waals surface area contributed by atoms with Crippen LogP contribution >= 0.6 is 0 Å². The summed E-state index contributed by atoms with van der Waals surface area (Å²) in [6.07, 6.45) is 6.03. The van der Waals surface area contributed by atoms with Crippen LogP contribution in [0.25, 0.3) is 0 Å². The lowest BCUT2D eigenvalue weighted by Crippen LogP contribution is -1.98. The van der Waals surface area contributed by atoms with Gasteiger partial charge in [-0.05, 0) is 30.9 Å². The van der Waals surface area contributed by atoms with E-state index in [0.29, 0.717) is 11.8 Å². The van der Waals surface area contributed by atoms with Crippen LogP contribution in [-0.2, 0) is 0 Å². The van der Waals surface area contributed by atoms with Crippen LogP contribution in [0, 0.1) is 17.2 Å². The highest BCUT2D eigenvalue weighted by Crippen LogP contribution is 2.15. The molecule has 0 saturated carbocycles. The molecule has 0 aromatic rings. The van der Waals surface area contributed by atoms with E-state index < -0.39 is 0 Å². The molecule has 12 heavy (non-hydrogen) atoms. The number of nitrogens with one attached hydrogen (secondary N) is 1. The van der Waals surface area contributed by atoms with Gasteiger partial charge < -0.3 is 5.41 Å². The fourth-order valence-electron chi connectivity index (χ4n) is 1.27. The Labute approximate surface area is 76.4 Å². The Morgan fingerprint density at radius 1 is 1.33 bits per heavy atom. The molecule has 0 aliphatic rings. The molecule has 0 unspecified atom stereocenters. The Morgan fingerprint density at radius 2 is 1.92 bits per heavy atom. The van der Waals surface area contributed by atoms with Crippen LogP contribution in [0.15, 0.2) is 11.6 Å². The zero-order chi connectivity index (χ0) is 9.56. The largest absolute Gasteiger partial charge is 0.313 e. The SMILES string of the molecule is CC/C(=C/C(C)C)C[C@H](C)C=N. The Morgan fingerprint density at radius 3 is 2.25 bits per heavy atom. The van der Waals surface area contributed by atoms with Crippen molar-refractivity contribution < 1.29 is 0 Å². The highest BCUT2D eigenvalue weighted by Gasteiger charge is 2.01. The molecule has 0 saturated heterocycles. The first-order valence-corrected chi connectivity index (χ1v) is 4.80. The normalized spacial score (nSPS) is 14.9. The maximum absolute atomic E-state index is 7.11. The second kappa shape index (κ2) is 5.99. The predicted molar refractivity (Wildman–Crippen MR) is 55.8 cm³/mol. The van der Waals surface area contributed by atoms with Gasteiger partial charge in [0.05, 0.1) is 0 Å². The third-order valence-corrected chi connectivity index (χ3v) is 1.89. The Hall–Kier alpha value is -0.590. The summed E-state index contributed by atoms with van der Waals surface area (Å²) in [6.45, 7) is 8.68. The monoisotopic (exact) mass is 167 g/mol. The Balaban J connectivity index is 4.07. The van der Waals surface area contributed by atoms with Crippen LogP contribution in [0.2, 0.25) is 0 Å². The molecule has 0 amide bonds. The zero-order valence-electron chi connectivity index (χ0n) is 8.72. The van der Waals surface area contributed by atoms with Crippen LogP contribution in [0.3, 0.4) is 0 Å². The summed E-state index contributed by atoms with van der Waals surface area (Å²) in [5.74, 6) is 1.04. The second-order valence-corrected chi connectivity index (χ2v) is 3.77. The fraction of sp³-hybridized carbons (Fsp3) is 0.727. The summed E-state index contributed by atoms with van der Waals surface area (Å²) >= 11 is 0. The molecule has 1 atom stereocenters. The van der Waals surface area contributed by atoms with Gasteiger partial charge in [-0.15, -0.1) is 0 Å². The summed E-state index contributed by atoms with van der Waals surface area (Å²) in [4.78, 5) is 0. The summed E-state index contributed by atoms with van der Waals surface area (Å²) in [5.41, 5.74) is 1.49. The predicted octanol–water partition coefficient (Wildman–Crippen LogP) is 3.65. The van der Waals surface area contributed by atoms with Crippen molar-refractivity contribution in [3.05, 3.63) is 11.6 Å². The standard InChI is InChI=1S/C11H21N/c1-5-11(6-9(2)3)7-10(4)8-12/h6,8-10,12H,5,7H2,1-4H3/b11-6-,12-8?/t10-/m0/s1. The van der Waals surface area contributed by atoms with Gasteiger partial charge in [-0.3, -0.25) is 0 Å². The number of hydrogen-bond donors (Lipinski definition) is 1. The lowest BCUT2D eigenvalue weighted by Gasteiger charge is -2.09.